The standard InChI is InChI=1S/C15H13ClN2O3/c16-12-6-11(7-13-14(12)21-5-4-20-13)15(19)18-9-10-2-1-3-17-8-10/h1-3,6-8H,4-5,9H2,(H,18,19). The van der Waals surface area contributed by atoms with E-state index in [2.05, 4.69) is 10.3 Å². The van der Waals surface area contributed by atoms with Crippen LogP contribution >= 0.6 is 11.6 Å². The fraction of sp³-hybridized carbons (Fsp3) is 0.200. The third-order valence-corrected chi connectivity index (χ3v) is 3.32. The number of hydrogen-bond donors (Lipinski definition) is 1. The van der Waals surface area contributed by atoms with E-state index in [1.165, 1.54) is 0 Å². The molecule has 1 aliphatic heterocycles. The number of halogens is 1. The summed E-state index contributed by atoms with van der Waals surface area (Å²) in [6.45, 7) is 1.31. The topological polar surface area (TPSA) is 60.5 Å². The number of ether oxygens (including phenoxy) is 2. The van der Waals surface area contributed by atoms with Gasteiger partial charge in [-0.3, -0.25) is 9.78 Å². The van der Waals surface area contributed by atoms with Crippen LogP contribution in [0.5, 0.6) is 11.5 Å². The number of fused-ring (bicyclic) bond motifs is 1. The number of carbonyl (C=O) groups excluding carboxylic acids is 1. The molecule has 0 unspecified atom stereocenters. The number of nitrogens with one attached hydrogen (secondary N) is 1. The molecule has 0 saturated heterocycles. The average Bonchev–Trinajstić information content (AvgIpc) is 2.53. The smallest absolute Gasteiger partial charge is 0.251 e. The Balaban J connectivity index is 1.74. The Morgan fingerprint density at radius 3 is 3.00 bits per heavy atom. The van der Waals surface area contributed by atoms with E-state index in [1.807, 2.05) is 12.1 Å². The summed E-state index contributed by atoms with van der Waals surface area (Å²) in [5.74, 6) is 0.768. The molecule has 6 heteroatoms. The van der Waals surface area contributed by atoms with Crippen LogP contribution in [-0.2, 0) is 6.54 Å². The summed E-state index contributed by atoms with van der Waals surface area (Å²) in [7, 11) is 0. The highest BCUT2D eigenvalue weighted by atomic mass is 35.5. The van der Waals surface area contributed by atoms with Crippen LogP contribution in [0.15, 0.2) is 36.7 Å². The second kappa shape index (κ2) is 6.01. The van der Waals surface area contributed by atoms with Crippen molar-refractivity contribution in [2.75, 3.05) is 13.2 Å². The van der Waals surface area contributed by atoms with E-state index >= 15 is 0 Å². The van der Waals surface area contributed by atoms with Crippen LogP contribution in [0.1, 0.15) is 15.9 Å². The molecular formula is C15H13ClN2O3. The molecule has 1 aliphatic rings. The molecule has 5 nitrogen and oxygen atoms in total. The number of hydrogen-bond acceptors (Lipinski definition) is 4. The van der Waals surface area contributed by atoms with Gasteiger partial charge in [0, 0.05) is 24.5 Å². The lowest BCUT2D eigenvalue weighted by molar-refractivity contribution is 0.0949. The lowest BCUT2D eigenvalue weighted by Gasteiger charge is -2.20. The number of carbonyl (C=O) groups is 1. The number of aromatic nitrogens is 1. The lowest BCUT2D eigenvalue weighted by Crippen LogP contribution is -2.23. The summed E-state index contributed by atoms with van der Waals surface area (Å²) >= 11 is 6.11. The third kappa shape index (κ3) is 3.08. The van der Waals surface area contributed by atoms with Crippen LogP contribution < -0.4 is 14.8 Å². The predicted molar refractivity (Wildman–Crippen MR) is 77.8 cm³/mol. The maximum absolute atomic E-state index is 12.2. The van der Waals surface area contributed by atoms with Crippen LogP contribution in [0.3, 0.4) is 0 Å². The molecule has 1 amide bonds. The Morgan fingerprint density at radius 2 is 2.19 bits per heavy atom. The van der Waals surface area contributed by atoms with Crippen molar-refractivity contribution in [2.45, 2.75) is 6.54 Å². The van der Waals surface area contributed by atoms with Gasteiger partial charge in [-0.05, 0) is 23.8 Å². The zero-order valence-electron chi connectivity index (χ0n) is 11.1. The summed E-state index contributed by atoms with van der Waals surface area (Å²) in [5.41, 5.74) is 1.36. The van der Waals surface area contributed by atoms with Crippen LogP contribution in [0.4, 0.5) is 0 Å². The number of benzene rings is 1. The predicted octanol–water partition coefficient (Wildman–Crippen LogP) is 2.44. The van der Waals surface area contributed by atoms with E-state index in [-0.39, 0.29) is 5.91 Å². The van der Waals surface area contributed by atoms with Crippen molar-refractivity contribution in [3.63, 3.8) is 0 Å². The summed E-state index contributed by atoms with van der Waals surface area (Å²) in [6, 6.07) is 6.93. The molecule has 3 rings (SSSR count). The second-order valence-corrected chi connectivity index (χ2v) is 4.93. The molecule has 0 spiro atoms. The van der Waals surface area contributed by atoms with Gasteiger partial charge in [0.15, 0.2) is 11.5 Å². The number of pyridine rings is 1. The minimum atomic E-state index is -0.224. The molecule has 108 valence electrons. The Bertz CT molecular complexity index is 661. The van der Waals surface area contributed by atoms with Gasteiger partial charge in [-0.15, -0.1) is 0 Å². The van der Waals surface area contributed by atoms with Crippen molar-refractivity contribution < 1.29 is 14.3 Å². The van der Waals surface area contributed by atoms with E-state index < -0.39 is 0 Å². The Hall–Kier alpha value is -2.27. The van der Waals surface area contributed by atoms with Crippen LogP contribution in [0.2, 0.25) is 5.02 Å². The first-order chi connectivity index (χ1) is 10.2. The molecule has 1 N–H and O–H groups in total. The van der Waals surface area contributed by atoms with E-state index in [0.717, 1.165) is 5.56 Å². The molecule has 0 radical (unpaired) electrons. The second-order valence-electron chi connectivity index (χ2n) is 4.53. The average molecular weight is 305 g/mol. The van der Waals surface area contributed by atoms with Crippen molar-refractivity contribution in [2.24, 2.45) is 0 Å². The molecule has 0 fully saturated rings. The van der Waals surface area contributed by atoms with Gasteiger partial charge in [-0.2, -0.15) is 0 Å². The molecule has 2 aromatic rings. The quantitative estimate of drug-likeness (QED) is 0.946. The highest BCUT2D eigenvalue weighted by molar-refractivity contribution is 6.32. The highest BCUT2D eigenvalue weighted by Crippen LogP contribution is 2.38. The molecule has 1 aromatic carbocycles. The van der Waals surface area contributed by atoms with Crippen LogP contribution in [-0.4, -0.2) is 24.1 Å². The van der Waals surface area contributed by atoms with Gasteiger partial charge in [0.1, 0.15) is 13.2 Å². The first kappa shape index (κ1) is 13.7. The van der Waals surface area contributed by atoms with E-state index in [9.17, 15) is 4.79 Å². The molecule has 0 bridgehead atoms. The van der Waals surface area contributed by atoms with Crippen molar-refractivity contribution in [1.29, 1.82) is 0 Å². The molecule has 0 saturated carbocycles. The monoisotopic (exact) mass is 304 g/mol. The Morgan fingerprint density at radius 1 is 1.33 bits per heavy atom. The normalized spacial score (nSPS) is 12.8. The first-order valence-corrected chi connectivity index (χ1v) is 6.88. The SMILES string of the molecule is O=C(NCc1cccnc1)c1cc(Cl)c2c(c1)OCCO2. The van der Waals surface area contributed by atoms with E-state index in [0.29, 0.717) is 41.8 Å². The van der Waals surface area contributed by atoms with Gasteiger partial charge in [-0.25, -0.2) is 0 Å². The molecule has 0 aliphatic carbocycles. The van der Waals surface area contributed by atoms with Gasteiger partial charge in [-0.1, -0.05) is 17.7 Å². The van der Waals surface area contributed by atoms with Crippen LogP contribution in [0, 0.1) is 0 Å². The molecule has 1 aromatic heterocycles. The van der Waals surface area contributed by atoms with Crippen molar-refractivity contribution >= 4 is 17.5 Å². The summed E-state index contributed by atoms with van der Waals surface area (Å²) in [6.07, 6.45) is 3.39. The van der Waals surface area contributed by atoms with Crippen molar-refractivity contribution in [1.82, 2.24) is 10.3 Å². The molecule has 21 heavy (non-hydrogen) atoms. The summed E-state index contributed by atoms with van der Waals surface area (Å²) in [4.78, 5) is 16.2. The Kier molecular flexibility index (Phi) is 3.92. The summed E-state index contributed by atoms with van der Waals surface area (Å²) in [5, 5.41) is 3.19. The van der Waals surface area contributed by atoms with Gasteiger partial charge in [0.2, 0.25) is 0 Å². The molecule has 2 heterocycles. The minimum absolute atomic E-state index is 0.224. The van der Waals surface area contributed by atoms with Crippen molar-refractivity contribution in [3.05, 3.63) is 52.8 Å². The third-order valence-electron chi connectivity index (χ3n) is 3.03. The van der Waals surface area contributed by atoms with E-state index in [4.69, 9.17) is 21.1 Å². The maximum atomic E-state index is 12.2. The fourth-order valence-electron chi connectivity index (χ4n) is 2.03. The van der Waals surface area contributed by atoms with Crippen LogP contribution in [0.25, 0.3) is 0 Å². The fourth-order valence-corrected chi connectivity index (χ4v) is 2.29. The van der Waals surface area contributed by atoms with Gasteiger partial charge >= 0.3 is 0 Å². The number of amides is 1. The zero-order valence-corrected chi connectivity index (χ0v) is 11.9. The van der Waals surface area contributed by atoms with Gasteiger partial charge in [0.05, 0.1) is 5.02 Å². The number of rotatable bonds is 3. The van der Waals surface area contributed by atoms with Crippen molar-refractivity contribution in [3.8, 4) is 11.5 Å². The van der Waals surface area contributed by atoms with Gasteiger partial charge < -0.3 is 14.8 Å². The summed E-state index contributed by atoms with van der Waals surface area (Å²) < 4.78 is 10.9. The zero-order chi connectivity index (χ0) is 14.7. The molecule has 0 atom stereocenters. The van der Waals surface area contributed by atoms with Gasteiger partial charge in [0.25, 0.3) is 5.91 Å². The molecular weight excluding hydrogens is 292 g/mol. The van der Waals surface area contributed by atoms with E-state index in [1.54, 1.807) is 24.5 Å². The Labute approximate surface area is 126 Å². The first-order valence-electron chi connectivity index (χ1n) is 6.50. The number of nitrogens with zero attached hydrogens (tertiary/aromatic N) is 1. The minimum Gasteiger partial charge on any atom is -0.486 e. The largest absolute Gasteiger partial charge is 0.486 e. The maximum Gasteiger partial charge on any atom is 0.251 e. The highest BCUT2D eigenvalue weighted by Gasteiger charge is 2.19. The lowest BCUT2D eigenvalue weighted by atomic mass is 10.1.